The zero-order valence-electron chi connectivity index (χ0n) is 7.31. The Hall–Kier alpha value is -1.05. The molecule has 0 aliphatic heterocycles. The van der Waals surface area contributed by atoms with Crippen LogP contribution in [0, 0.1) is 11.3 Å². The quantitative estimate of drug-likeness (QED) is 0.822. The van der Waals surface area contributed by atoms with Gasteiger partial charge in [-0.2, -0.15) is 14.0 Å². The Morgan fingerprint density at radius 3 is 2.60 bits per heavy atom. The average Bonchev–Trinajstić information content (AvgIpc) is 2.16. The fourth-order valence-corrected chi connectivity index (χ4v) is 1.55. The molecule has 0 spiro atoms. The van der Waals surface area contributed by atoms with Crippen molar-refractivity contribution in [2.45, 2.75) is 13.0 Å². The van der Waals surface area contributed by atoms with Crippen molar-refractivity contribution in [2.24, 2.45) is 0 Å². The minimum Gasteiger partial charge on any atom is -0.433 e. The van der Waals surface area contributed by atoms with Gasteiger partial charge >= 0.3 is 6.61 Å². The second-order valence-corrected chi connectivity index (χ2v) is 3.34. The lowest BCUT2D eigenvalue weighted by Gasteiger charge is -2.10. The summed E-state index contributed by atoms with van der Waals surface area (Å²) in [7, 11) is 0. The maximum Gasteiger partial charge on any atom is 0.387 e. The molecule has 0 heterocycles. The monoisotopic (exact) mass is 251 g/mol. The van der Waals surface area contributed by atoms with Gasteiger partial charge in [0.2, 0.25) is 0 Å². The van der Waals surface area contributed by atoms with Gasteiger partial charge in [-0.1, -0.05) is 23.2 Å². The molecule has 6 heteroatoms. The molecule has 15 heavy (non-hydrogen) atoms. The molecular formula is C9H5Cl2F2NO. The van der Waals surface area contributed by atoms with Crippen LogP contribution in [-0.2, 0) is 6.42 Å². The van der Waals surface area contributed by atoms with Crippen molar-refractivity contribution in [2.75, 3.05) is 0 Å². The van der Waals surface area contributed by atoms with Crippen LogP contribution >= 0.6 is 23.2 Å². The van der Waals surface area contributed by atoms with Gasteiger partial charge in [0.1, 0.15) is 5.75 Å². The number of nitrogens with zero attached hydrogens (tertiary/aromatic N) is 1. The van der Waals surface area contributed by atoms with Gasteiger partial charge in [-0.15, -0.1) is 0 Å². The maximum absolute atomic E-state index is 11.9. The predicted octanol–water partition coefficient (Wildman–Crippen LogP) is 3.66. The minimum atomic E-state index is -2.96. The summed E-state index contributed by atoms with van der Waals surface area (Å²) in [5, 5.41) is 8.69. The molecule has 0 saturated heterocycles. The highest BCUT2D eigenvalue weighted by atomic mass is 35.5. The van der Waals surface area contributed by atoms with Crippen LogP contribution < -0.4 is 4.74 Å². The van der Waals surface area contributed by atoms with Crippen molar-refractivity contribution in [1.82, 2.24) is 0 Å². The summed E-state index contributed by atoms with van der Waals surface area (Å²) in [5.74, 6) is -0.179. The van der Waals surface area contributed by atoms with Gasteiger partial charge < -0.3 is 4.74 Å². The number of hydrogen-bond acceptors (Lipinski definition) is 2. The molecule has 2 nitrogen and oxygen atoms in total. The Morgan fingerprint density at radius 1 is 1.40 bits per heavy atom. The second-order valence-electron chi connectivity index (χ2n) is 2.55. The van der Waals surface area contributed by atoms with Crippen LogP contribution in [0.25, 0.3) is 0 Å². The number of alkyl halides is 2. The van der Waals surface area contributed by atoms with E-state index in [0.29, 0.717) is 5.56 Å². The third kappa shape index (κ3) is 2.95. The number of hydrogen-bond donors (Lipinski definition) is 0. The van der Waals surface area contributed by atoms with Gasteiger partial charge in [-0.25, -0.2) is 0 Å². The Kier molecular flexibility index (Phi) is 4.13. The van der Waals surface area contributed by atoms with Gasteiger partial charge in [0.15, 0.2) is 0 Å². The van der Waals surface area contributed by atoms with E-state index in [4.69, 9.17) is 28.5 Å². The third-order valence-corrected chi connectivity index (χ3v) is 2.39. The van der Waals surface area contributed by atoms with Crippen molar-refractivity contribution >= 4 is 23.2 Å². The first-order valence-electron chi connectivity index (χ1n) is 3.85. The van der Waals surface area contributed by atoms with E-state index in [0.717, 1.165) is 0 Å². The van der Waals surface area contributed by atoms with Crippen molar-refractivity contribution in [3.05, 3.63) is 27.7 Å². The highest BCUT2D eigenvalue weighted by molar-refractivity contribution is 6.37. The van der Waals surface area contributed by atoms with Gasteiger partial charge in [0, 0.05) is 10.6 Å². The molecule has 0 unspecified atom stereocenters. The summed E-state index contributed by atoms with van der Waals surface area (Å²) in [5.41, 5.74) is 0.291. The number of nitriles is 1. The zero-order chi connectivity index (χ0) is 11.4. The van der Waals surface area contributed by atoms with Crippen LogP contribution in [0.3, 0.4) is 0 Å². The van der Waals surface area contributed by atoms with Gasteiger partial charge in [0.05, 0.1) is 17.5 Å². The van der Waals surface area contributed by atoms with Crippen LogP contribution in [0.4, 0.5) is 8.78 Å². The van der Waals surface area contributed by atoms with Crippen molar-refractivity contribution < 1.29 is 13.5 Å². The van der Waals surface area contributed by atoms with Crippen LogP contribution in [0.5, 0.6) is 5.75 Å². The van der Waals surface area contributed by atoms with E-state index in [9.17, 15) is 8.78 Å². The molecular weight excluding hydrogens is 247 g/mol. The first-order valence-corrected chi connectivity index (χ1v) is 4.60. The summed E-state index contributed by atoms with van der Waals surface area (Å²) < 4.78 is 28.0. The molecule has 0 atom stereocenters. The van der Waals surface area contributed by atoms with Crippen LogP contribution in [-0.4, -0.2) is 6.61 Å². The van der Waals surface area contributed by atoms with Crippen molar-refractivity contribution in [1.29, 1.82) is 5.26 Å². The summed E-state index contributed by atoms with van der Waals surface area (Å²) in [6.07, 6.45) is -0.0574. The average molecular weight is 252 g/mol. The standard InChI is InChI=1S/C9H5Cl2F2NO/c10-6-1-2-7(15-9(12)13)8(11)5(6)3-4-14/h1-2,9H,3H2. The van der Waals surface area contributed by atoms with Gasteiger partial charge in [-0.05, 0) is 12.1 Å². The van der Waals surface area contributed by atoms with Crippen molar-refractivity contribution in [3.8, 4) is 11.8 Å². The minimum absolute atomic E-state index is 0.0515. The fourth-order valence-electron chi connectivity index (χ4n) is 1.00. The predicted molar refractivity (Wildman–Crippen MR) is 52.4 cm³/mol. The Morgan fingerprint density at radius 2 is 2.07 bits per heavy atom. The van der Waals surface area contributed by atoms with E-state index in [1.165, 1.54) is 12.1 Å². The summed E-state index contributed by atoms with van der Waals surface area (Å²) >= 11 is 11.5. The topological polar surface area (TPSA) is 33.0 Å². The lowest BCUT2D eigenvalue weighted by Crippen LogP contribution is -2.03. The van der Waals surface area contributed by atoms with Crippen LogP contribution in [0.15, 0.2) is 12.1 Å². The maximum atomic E-state index is 11.9. The van der Waals surface area contributed by atoms with E-state index in [1.54, 1.807) is 0 Å². The number of benzene rings is 1. The molecule has 0 aliphatic carbocycles. The number of halogens is 4. The van der Waals surface area contributed by atoms with E-state index in [-0.39, 0.29) is 22.2 Å². The summed E-state index contributed by atoms with van der Waals surface area (Å²) in [6, 6.07) is 4.43. The molecule has 0 aromatic heterocycles. The van der Waals surface area contributed by atoms with Crippen molar-refractivity contribution in [3.63, 3.8) is 0 Å². The Labute approximate surface area is 95.0 Å². The fraction of sp³-hybridized carbons (Fsp3) is 0.222. The van der Waals surface area contributed by atoms with Crippen LogP contribution in [0.2, 0.25) is 10.0 Å². The summed E-state index contributed by atoms with van der Waals surface area (Å²) in [6.45, 7) is -2.96. The lowest BCUT2D eigenvalue weighted by molar-refractivity contribution is -0.0498. The molecule has 0 amide bonds. The Bertz CT molecular complexity index is 404. The molecule has 0 aliphatic rings. The molecule has 0 saturated carbocycles. The molecule has 0 fully saturated rings. The molecule has 1 aromatic rings. The largest absolute Gasteiger partial charge is 0.433 e. The first kappa shape index (κ1) is 12.0. The highest BCUT2D eigenvalue weighted by Gasteiger charge is 2.14. The molecule has 1 rings (SSSR count). The first-order chi connectivity index (χ1) is 7.06. The van der Waals surface area contributed by atoms with E-state index in [1.807, 2.05) is 6.07 Å². The van der Waals surface area contributed by atoms with E-state index < -0.39 is 6.61 Å². The van der Waals surface area contributed by atoms with Gasteiger partial charge in [-0.3, -0.25) is 0 Å². The summed E-state index contributed by atoms with van der Waals surface area (Å²) in [4.78, 5) is 0. The van der Waals surface area contributed by atoms with Gasteiger partial charge in [0.25, 0.3) is 0 Å². The zero-order valence-corrected chi connectivity index (χ0v) is 8.82. The smallest absolute Gasteiger partial charge is 0.387 e. The number of rotatable bonds is 3. The van der Waals surface area contributed by atoms with E-state index in [2.05, 4.69) is 4.74 Å². The third-order valence-electron chi connectivity index (χ3n) is 1.62. The molecule has 0 N–H and O–H groups in total. The normalized spacial score (nSPS) is 10.1. The molecule has 0 bridgehead atoms. The number of ether oxygens (including phenoxy) is 1. The molecule has 80 valence electrons. The Balaban J connectivity index is 3.11. The second kappa shape index (κ2) is 5.15. The molecule has 1 aromatic carbocycles. The van der Waals surface area contributed by atoms with E-state index >= 15 is 0 Å². The lowest BCUT2D eigenvalue weighted by atomic mass is 10.1. The SMILES string of the molecule is N#CCc1c(Cl)ccc(OC(F)F)c1Cl. The van der Waals surface area contributed by atoms with Crippen LogP contribution in [0.1, 0.15) is 5.56 Å². The molecule has 0 radical (unpaired) electrons. The highest BCUT2D eigenvalue weighted by Crippen LogP contribution is 2.34.